The lowest BCUT2D eigenvalue weighted by molar-refractivity contribution is -0.141. The highest BCUT2D eigenvalue weighted by molar-refractivity contribution is 5.67. The Balaban J connectivity index is 0.000000217. The molecule has 0 unspecified atom stereocenters. The number of carbonyl (C=O) groups is 1. The highest BCUT2D eigenvalue weighted by atomic mass is 16.7. The Morgan fingerprint density at radius 1 is 1.30 bits per heavy atom. The van der Waals surface area contributed by atoms with E-state index in [2.05, 4.69) is 6.92 Å². The molecule has 1 aliphatic carbocycles. The number of hydrogen-bond acceptors (Lipinski definition) is 4. The van der Waals surface area contributed by atoms with Crippen molar-refractivity contribution in [1.29, 1.82) is 0 Å². The van der Waals surface area contributed by atoms with Gasteiger partial charge < -0.3 is 9.57 Å². The van der Waals surface area contributed by atoms with Crippen LogP contribution in [0.2, 0.25) is 0 Å². The van der Waals surface area contributed by atoms with E-state index < -0.39 is 0 Å². The third kappa shape index (κ3) is 7.79. The van der Waals surface area contributed by atoms with E-state index in [0.29, 0.717) is 6.10 Å². The molecule has 0 spiro atoms. The number of para-hydroxylation sites is 1. The lowest BCUT2D eigenvalue weighted by Gasteiger charge is -2.16. The van der Waals surface area contributed by atoms with Crippen molar-refractivity contribution in [2.45, 2.75) is 45.6 Å². The number of hydrogen-bond donors (Lipinski definition) is 0. The number of carbonyl (C=O) groups excluding carboxylic acids is 1. The van der Waals surface area contributed by atoms with Crippen molar-refractivity contribution in [3.05, 3.63) is 30.3 Å². The summed E-state index contributed by atoms with van der Waals surface area (Å²) in [4.78, 5) is 15.4. The molecule has 4 nitrogen and oxygen atoms in total. The van der Waals surface area contributed by atoms with Crippen molar-refractivity contribution in [2.24, 2.45) is 0 Å². The zero-order valence-corrected chi connectivity index (χ0v) is 12.7. The SMILES string of the molecule is CC(=O)ON(C)c1ccccc1.CCCCOC1CC1. The average molecular weight is 279 g/mol. The van der Waals surface area contributed by atoms with Crippen LogP contribution >= 0.6 is 0 Å². The predicted molar refractivity (Wildman–Crippen MR) is 80.5 cm³/mol. The van der Waals surface area contributed by atoms with Crippen LogP contribution in [0.25, 0.3) is 0 Å². The van der Waals surface area contributed by atoms with Crippen LogP contribution in [0.5, 0.6) is 0 Å². The first-order valence-electron chi connectivity index (χ1n) is 7.22. The molecule has 0 radical (unpaired) electrons. The maximum atomic E-state index is 10.6. The molecule has 0 N–H and O–H groups in total. The Bertz CT molecular complexity index is 377. The van der Waals surface area contributed by atoms with Gasteiger partial charge in [-0.25, -0.2) is 5.06 Å². The van der Waals surface area contributed by atoms with E-state index in [1.54, 1.807) is 7.05 Å². The summed E-state index contributed by atoms with van der Waals surface area (Å²) in [6, 6.07) is 9.40. The van der Waals surface area contributed by atoms with Gasteiger partial charge >= 0.3 is 5.97 Å². The number of rotatable bonds is 6. The largest absolute Gasteiger partial charge is 0.378 e. The minimum Gasteiger partial charge on any atom is -0.378 e. The monoisotopic (exact) mass is 279 g/mol. The van der Waals surface area contributed by atoms with Crippen LogP contribution < -0.4 is 5.06 Å². The van der Waals surface area contributed by atoms with Gasteiger partial charge in [-0.2, -0.15) is 0 Å². The topological polar surface area (TPSA) is 38.8 Å². The van der Waals surface area contributed by atoms with Gasteiger partial charge in [0.2, 0.25) is 0 Å². The quantitative estimate of drug-likeness (QED) is 0.589. The van der Waals surface area contributed by atoms with E-state index in [-0.39, 0.29) is 5.97 Å². The van der Waals surface area contributed by atoms with Gasteiger partial charge in [0.1, 0.15) is 0 Å². The number of benzene rings is 1. The van der Waals surface area contributed by atoms with Crippen molar-refractivity contribution in [3.8, 4) is 0 Å². The maximum Gasteiger partial charge on any atom is 0.329 e. The van der Waals surface area contributed by atoms with Crippen molar-refractivity contribution in [1.82, 2.24) is 0 Å². The van der Waals surface area contributed by atoms with E-state index in [4.69, 9.17) is 9.57 Å². The molecular weight excluding hydrogens is 254 g/mol. The van der Waals surface area contributed by atoms with Crippen LogP contribution in [0.15, 0.2) is 30.3 Å². The van der Waals surface area contributed by atoms with Crippen LogP contribution in [0.1, 0.15) is 39.5 Å². The first-order valence-corrected chi connectivity index (χ1v) is 7.22. The summed E-state index contributed by atoms with van der Waals surface area (Å²) in [7, 11) is 1.69. The van der Waals surface area contributed by atoms with Crippen LogP contribution in [0.4, 0.5) is 5.69 Å². The molecule has 0 heterocycles. The summed E-state index contributed by atoms with van der Waals surface area (Å²) < 4.78 is 5.39. The van der Waals surface area contributed by atoms with Crippen molar-refractivity contribution in [3.63, 3.8) is 0 Å². The molecule has 20 heavy (non-hydrogen) atoms. The van der Waals surface area contributed by atoms with Crippen LogP contribution in [0, 0.1) is 0 Å². The molecule has 4 heteroatoms. The molecule has 1 fully saturated rings. The molecule has 112 valence electrons. The Kier molecular flexibility index (Phi) is 7.73. The number of hydroxylamine groups is 1. The fourth-order valence-electron chi connectivity index (χ4n) is 1.51. The van der Waals surface area contributed by atoms with Gasteiger partial charge in [0.05, 0.1) is 11.8 Å². The Morgan fingerprint density at radius 2 is 1.95 bits per heavy atom. The van der Waals surface area contributed by atoms with Crippen molar-refractivity contribution in [2.75, 3.05) is 18.7 Å². The highest BCUT2D eigenvalue weighted by Crippen LogP contribution is 2.23. The Hall–Kier alpha value is -1.55. The molecule has 1 aromatic carbocycles. The lowest BCUT2D eigenvalue weighted by Crippen LogP contribution is -2.20. The second kappa shape index (κ2) is 9.37. The maximum absolute atomic E-state index is 10.6. The first kappa shape index (κ1) is 16.5. The van der Waals surface area contributed by atoms with Gasteiger partial charge in [0.25, 0.3) is 0 Å². The molecule has 0 atom stereocenters. The normalized spacial score (nSPS) is 13.2. The number of unbranched alkanes of at least 4 members (excludes halogenated alkanes) is 1. The van der Waals surface area contributed by atoms with Gasteiger partial charge in [0, 0.05) is 20.6 Å². The molecule has 0 aromatic heterocycles. The number of nitrogens with zero attached hydrogens (tertiary/aromatic N) is 1. The molecule has 1 saturated carbocycles. The standard InChI is InChI=1S/C9H11NO2.C7H14O/c1-8(11)12-10(2)9-6-4-3-5-7-9;1-2-3-6-8-7-4-5-7/h3-7H,1-2H3;7H,2-6H2,1H3. The second-order valence-corrected chi connectivity index (χ2v) is 4.84. The summed E-state index contributed by atoms with van der Waals surface area (Å²) in [6.07, 6.45) is 5.76. The first-order chi connectivity index (χ1) is 9.63. The van der Waals surface area contributed by atoms with E-state index >= 15 is 0 Å². The summed E-state index contributed by atoms with van der Waals surface area (Å²) in [5.41, 5.74) is 0.854. The van der Waals surface area contributed by atoms with E-state index in [0.717, 1.165) is 12.3 Å². The van der Waals surface area contributed by atoms with Crippen LogP contribution in [0.3, 0.4) is 0 Å². The fraction of sp³-hybridized carbons (Fsp3) is 0.562. The van der Waals surface area contributed by atoms with E-state index in [9.17, 15) is 4.79 Å². The van der Waals surface area contributed by atoms with E-state index in [1.165, 1.54) is 37.7 Å². The summed E-state index contributed by atoms with van der Waals surface area (Å²) in [5, 5.41) is 1.43. The number of ether oxygens (including phenoxy) is 1. The highest BCUT2D eigenvalue weighted by Gasteiger charge is 2.21. The van der Waals surface area contributed by atoms with Crippen LogP contribution in [-0.2, 0) is 14.4 Å². The van der Waals surface area contributed by atoms with Crippen molar-refractivity contribution < 1.29 is 14.4 Å². The third-order valence-corrected chi connectivity index (χ3v) is 2.76. The molecule has 0 amide bonds. The molecule has 1 aliphatic rings. The fourth-order valence-corrected chi connectivity index (χ4v) is 1.51. The zero-order valence-electron chi connectivity index (χ0n) is 12.7. The van der Waals surface area contributed by atoms with E-state index in [1.807, 2.05) is 30.3 Å². The summed E-state index contributed by atoms with van der Waals surface area (Å²) in [5.74, 6) is -0.318. The molecule has 1 aromatic rings. The molecule has 2 rings (SSSR count). The smallest absolute Gasteiger partial charge is 0.329 e. The molecular formula is C16H25NO3. The van der Waals surface area contributed by atoms with Gasteiger partial charge in [-0.05, 0) is 31.4 Å². The molecule has 0 bridgehead atoms. The second-order valence-electron chi connectivity index (χ2n) is 4.84. The third-order valence-electron chi connectivity index (χ3n) is 2.76. The molecule has 0 aliphatic heterocycles. The van der Waals surface area contributed by atoms with Crippen LogP contribution in [-0.4, -0.2) is 25.7 Å². The minimum absolute atomic E-state index is 0.318. The van der Waals surface area contributed by atoms with Gasteiger partial charge in [-0.1, -0.05) is 31.5 Å². The van der Waals surface area contributed by atoms with Gasteiger partial charge in [-0.15, -0.1) is 0 Å². The van der Waals surface area contributed by atoms with Crippen molar-refractivity contribution >= 4 is 11.7 Å². The summed E-state index contributed by atoms with van der Waals surface area (Å²) in [6.45, 7) is 4.55. The molecule has 0 saturated heterocycles. The minimum atomic E-state index is -0.318. The summed E-state index contributed by atoms with van der Waals surface area (Å²) >= 11 is 0. The lowest BCUT2D eigenvalue weighted by atomic mass is 10.3. The number of anilines is 1. The van der Waals surface area contributed by atoms with Gasteiger partial charge in [0.15, 0.2) is 0 Å². The Morgan fingerprint density at radius 3 is 2.45 bits per heavy atom. The van der Waals surface area contributed by atoms with Gasteiger partial charge in [-0.3, -0.25) is 4.79 Å². The average Bonchev–Trinajstić information content (AvgIpc) is 3.24. The zero-order chi connectivity index (χ0) is 14.8. The Labute approximate surface area is 121 Å². The predicted octanol–water partition coefficient (Wildman–Crippen LogP) is 3.57.